The summed E-state index contributed by atoms with van der Waals surface area (Å²) in [6, 6.07) is 10.8. The van der Waals surface area contributed by atoms with Gasteiger partial charge in [-0.15, -0.1) is 10.2 Å². The number of ether oxygens (including phenoxy) is 3. The minimum absolute atomic E-state index is 0.0117. The topological polar surface area (TPSA) is 91.0 Å². The van der Waals surface area contributed by atoms with E-state index in [-0.39, 0.29) is 5.75 Å². The predicted octanol–water partition coefficient (Wildman–Crippen LogP) is 3.19. The SMILES string of the molecule is COc1ccc(-c2cn3cnnc3nc2-c2c(O)cc(OC)cc2OC)cc1. The highest BCUT2D eigenvalue weighted by Gasteiger charge is 2.21. The number of nitrogens with zero attached hydrogens (tertiary/aromatic N) is 4. The van der Waals surface area contributed by atoms with Crippen LogP contribution in [0.2, 0.25) is 0 Å². The summed E-state index contributed by atoms with van der Waals surface area (Å²) >= 11 is 0. The summed E-state index contributed by atoms with van der Waals surface area (Å²) < 4.78 is 17.7. The number of hydrogen-bond acceptors (Lipinski definition) is 7. The number of aromatic nitrogens is 4. The molecule has 0 atom stereocenters. The summed E-state index contributed by atoms with van der Waals surface area (Å²) in [6.07, 6.45) is 3.44. The highest BCUT2D eigenvalue weighted by molar-refractivity contribution is 5.87. The highest BCUT2D eigenvalue weighted by Crippen LogP contribution is 2.44. The van der Waals surface area contributed by atoms with Crippen molar-refractivity contribution in [3.05, 3.63) is 48.9 Å². The molecule has 0 fully saturated rings. The lowest BCUT2D eigenvalue weighted by atomic mass is 9.99. The molecular formula is C20H18N4O4. The Bertz CT molecular complexity index is 1140. The third-order valence-electron chi connectivity index (χ3n) is 4.44. The lowest BCUT2D eigenvalue weighted by Crippen LogP contribution is -1.99. The van der Waals surface area contributed by atoms with Gasteiger partial charge in [0.15, 0.2) is 0 Å². The van der Waals surface area contributed by atoms with Crippen molar-refractivity contribution in [1.82, 2.24) is 19.6 Å². The monoisotopic (exact) mass is 378 g/mol. The molecular weight excluding hydrogens is 360 g/mol. The van der Waals surface area contributed by atoms with Gasteiger partial charge in [-0.05, 0) is 17.7 Å². The normalized spacial score (nSPS) is 10.8. The molecule has 0 saturated carbocycles. The first kappa shape index (κ1) is 17.6. The number of aromatic hydroxyl groups is 1. The molecule has 28 heavy (non-hydrogen) atoms. The highest BCUT2D eigenvalue weighted by atomic mass is 16.5. The van der Waals surface area contributed by atoms with Crippen LogP contribution in [0.15, 0.2) is 48.9 Å². The van der Waals surface area contributed by atoms with E-state index in [2.05, 4.69) is 15.2 Å². The molecule has 4 rings (SSSR count). The zero-order chi connectivity index (χ0) is 19.7. The van der Waals surface area contributed by atoms with Crippen LogP contribution >= 0.6 is 0 Å². The first-order valence-electron chi connectivity index (χ1n) is 8.44. The third-order valence-corrected chi connectivity index (χ3v) is 4.44. The Morgan fingerprint density at radius 3 is 2.36 bits per heavy atom. The molecule has 0 spiro atoms. The van der Waals surface area contributed by atoms with Gasteiger partial charge in [-0.1, -0.05) is 12.1 Å². The Morgan fingerprint density at radius 2 is 1.68 bits per heavy atom. The molecule has 2 aromatic heterocycles. The van der Waals surface area contributed by atoms with Crippen LogP contribution in [0.25, 0.3) is 28.2 Å². The van der Waals surface area contributed by atoms with Crippen molar-refractivity contribution in [2.24, 2.45) is 0 Å². The van der Waals surface area contributed by atoms with Gasteiger partial charge in [0.2, 0.25) is 0 Å². The van der Waals surface area contributed by atoms with Gasteiger partial charge in [-0.2, -0.15) is 0 Å². The molecule has 0 radical (unpaired) electrons. The average molecular weight is 378 g/mol. The summed E-state index contributed by atoms with van der Waals surface area (Å²) in [7, 11) is 4.67. The lowest BCUT2D eigenvalue weighted by molar-refractivity contribution is 0.386. The largest absolute Gasteiger partial charge is 0.507 e. The van der Waals surface area contributed by atoms with E-state index < -0.39 is 0 Å². The van der Waals surface area contributed by atoms with Crippen molar-refractivity contribution in [1.29, 1.82) is 0 Å². The molecule has 1 N–H and O–H groups in total. The van der Waals surface area contributed by atoms with E-state index in [0.29, 0.717) is 28.5 Å². The van der Waals surface area contributed by atoms with Crippen LogP contribution in [0.5, 0.6) is 23.0 Å². The van der Waals surface area contributed by atoms with E-state index >= 15 is 0 Å². The number of phenols is 1. The Morgan fingerprint density at radius 1 is 0.929 bits per heavy atom. The van der Waals surface area contributed by atoms with Crippen molar-refractivity contribution in [3.63, 3.8) is 0 Å². The van der Waals surface area contributed by atoms with E-state index in [9.17, 15) is 5.11 Å². The van der Waals surface area contributed by atoms with Crippen molar-refractivity contribution in [2.45, 2.75) is 0 Å². The van der Waals surface area contributed by atoms with Gasteiger partial charge in [0, 0.05) is 23.9 Å². The van der Waals surface area contributed by atoms with Gasteiger partial charge in [0.25, 0.3) is 5.78 Å². The molecule has 0 bridgehead atoms. The van der Waals surface area contributed by atoms with Gasteiger partial charge in [0.1, 0.15) is 29.3 Å². The van der Waals surface area contributed by atoms with Crippen LogP contribution < -0.4 is 14.2 Å². The maximum absolute atomic E-state index is 10.7. The van der Waals surface area contributed by atoms with Crippen LogP contribution in [-0.4, -0.2) is 46.0 Å². The van der Waals surface area contributed by atoms with E-state index in [4.69, 9.17) is 14.2 Å². The van der Waals surface area contributed by atoms with Crippen LogP contribution in [0.4, 0.5) is 0 Å². The quantitative estimate of drug-likeness (QED) is 0.570. The molecule has 0 amide bonds. The van der Waals surface area contributed by atoms with E-state index in [0.717, 1.165) is 16.9 Å². The van der Waals surface area contributed by atoms with Crippen molar-refractivity contribution in [2.75, 3.05) is 21.3 Å². The fourth-order valence-corrected chi connectivity index (χ4v) is 3.03. The average Bonchev–Trinajstić information content (AvgIpc) is 3.19. The zero-order valence-corrected chi connectivity index (χ0v) is 15.6. The van der Waals surface area contributed by atoms with Gasteiger partial charge in [-0.25, -0.2) is 4.98 Å². The van der Waals surface area contributed by atoms with Crippen LogP contribution in [-0.2, 0) is 0 Å². The number of benzene rings is 2. The second-order valence-corrected chi connectivity index (χ2v) is 5.99. The minimum Gasteiger partial charge on any atom is -0.507 e. The maximum atomic E-state index is 10.7. The second kappa shape index (κ2) is 7.07. The molecule has 2 heterocycles. The van der Waals surface area contributed by atoms with Crippen LogP contribution in [0, 0.1) is 0 Å². The summed E-state index contributed by atoms with van der Waals surface area (Å²) in [5.74, 6) is 2.05. The lowest BCUT2D eigenvalue weighted by Gasteiger charge is -2.15. The fourth-order valence-electron chi connectivity index (χ4n) is 3.03. The maximum Gasteiger partial charge on any atom is 0.255 e. The molecule has 0 aliphatic rings. The summed E-state index contributed by atoms with van der Waals surface area (Å²) in [4.78, 5) is 4.63. The molecule has 0 aliphatic heterocycles. The van der Waals surface area contributed by atoms with Crippen molar-refractivity contribution < 1.29 is 19.3 Å². The summed E-state index contributed by atoms with van der Waals surface area (Å²) in [5, 5.41) is 18.6. The van der Waals surface area contributed by atoms with E-state index in [1.165, 1.54) is 20.3 Å². The first-order chi connectivity index (χ1) is 13.6. The Hall–Kier alpha value is -3.81. The first-order valence-corrected chi connectivity index (χ1v) is 8.44. The smallest absolute Gasteiger partial charge is 0.255 e. The molecule has 4 aromatic rings. The van der Waals surface area contributed by atoms with Gasteiger partial charge < -0.3 is 19.3 Å². The number of methoxy groups -OCH3 is 3. The third kappa shape index (κ3) is 2.94. The van der Waals surface area contributed by atoms with Crippen molar-refractivity contribution >= 4 is 5.78 Å². The number of phenolic OH excluding ortho intramolecular Hbond substituents is 1. The molecule has 2 aromatic carbocycles. The summed E-state index contributed by atoms with van der Waals surface area (Å²) in [5.41, 5.74) is 2.62. The van der Waals surface area contributed by atoms with Crippen LogP contribution in [0.1, 0.15) is 0 Å². The van der Waals surface area contributed by atoms with Crippen molar-refractivity contribution in [3.8, 4) is 45.4 Å². The summed E-state index contributed by atoms with van der Waals surface area (Å²) in [6.45, 7) is 0. The predicted molar refractivity (Wildman–Crippen MR) is 103 cm³/mol. The van der Waals surface area contributed by atoms with Gasteiger partial charge in [-0.3, -0.25) is 4.40 Å². The second-order valence-electron chi connectivity index (χ2n) is 5.99. The number of rotatable bonds is 5. The molecule has 142 valence electrons. The minimum atomic E-state index is -0.0117. The molecule has 0 aliphatic carbocycles. The zero-order valence-electron chi connectivity index (χ0n) is 15.6. The molecule has 8 nitrogen and oxygen atoms in total. The number of hydrogen-bond donors (Lipinski definition) is 1. The molecule has 8 heteroatoms. The Kier molecular flexibility index (Phi) is 4.44. The Balaban J connectivity index is 2.01. The Labute approximate surface area is 161 Å². The number of fused-ring (bicyclic) bond motifs is 1. The van der Waals surface area contributed by atoms with E-state index in [1.807, 2.05) is 30.5 Å². The standard InChI is InChI=1S/C20H18N4O4/c1-26-13-6-4-12(5-7-13)15-10-24-11-21-23-20(24)22-19(15)18-16(25)8-14(27-2)9-17(18)28-3/h4-11,25H,1-3H3. The van der Waals surface area contributed by atoms with Crippen LogP contribution in [0.3, 0.4) is 0 Å². The molecule has 0 unspecified atom stereocenters. The van der Waals surface area contributed by atoms with E-state index in [1.54, 1.807) is 23.9 Å². The van der Waals surface area contributed by atoms with Gasteiger partial charge in [0.05, 0.1) is 32.6 Å². The molecule has 0 saturated heterocycles. The fraction of sp³-hybridized carbons (Fsp3) is 0.150. The van der Waals surface area contributed by atoms with Gasteiger partial charge >= 0.3 is 0 Å².